The van der Waals surface area contributed by atoms with E-state index in [1.807, 2.05) is 0 Å². The minimum absolute atomic E-state index is 0.0485. The number of hydrogen-bond donors (Lipinski definition) is 4. The summed E-state index contributed by atoms with van der Waals surface area (Å²) in [7, 11) is 0. The Labute approximate surface area is 117 Å². The number of halogens is 1. The lowest BCUT2D eigenvalue weighted by Gasteiger charge is -2.18. The van der Waals surface area contributed by atoms with Gasteiger partial charge >= 0.3 is 6.08 Å². The summed E-state index contributed by atoms with van der Waals surface area (Å²) in [5, 5.41) is 29.0. The van der Waals surface area contributed by atoms with Crippen molar-refractivity contribution < 1.29 is 24.4 Å². The van der Waals surface area contributed by atoms with Gasteiger partial charge in [-0.05, 0) is 6.92 Å². The zero-order valence-electron chi connectivity index (χ0n) is 11.0. The first-order chi connectivity index (χ1) is 9.93. The quantitative estimate of drug-likeness (QED) is 0.490. The molecule has 0 amide bonds. The Morgan fingerprint density at radius 1 is 1.29 bits per heavy atom. The van der Waals surface area contributed by atoms with Crippen molar-refractivity contribution in [3.63, 3.8) is 0 Å². The monoisotopic (exact) mass is 299 g/mol. The zero-order valence-corrected chi connectivity index (χ0v) is 11.0. The molecule has 0 saturated carbocycles. The van der Waals surface area contributed by atoms with Gasteiger partial charge in [-0.1, -0.05) is 0 Å². The summed E-state index contributed by atoms with van der Waals surface area (Å²) in [5.74, 6) is 0.220. The van der Waals surface area contributed by atoms with E-state index >= 15 is 0 Å². The van der Waals surface area contributed by atoms with Gasteiger partial charge in [0.15, 0.2) is 23.2 Å². The number of aliphatic hydroxyl groups excluding tert-OH is 3. The molecule has 3 rings (SSSR count). The standard InChI is InChI=1S/C11H14FN5O4/c1-3-14-5-8(13)15-11(12)16-9(5)17(3)10-7(20)6(19)4(2-18)21-10/h4,6-7,10,18-20H,2H2,1H3,(H2,13,15,16)/t4-,6-,7-,10-/m1/s1. The van der Waals surface area contributed by atoms with Crippen molar-refractivity contribution in [2.24, 2.45) is 0 Å². The van der Waals surface area contributed by atoms with Gasteiger partial charge in [0.1, 0.15) is 24.1 Å². The minimum Gasteiger partial charge on any atom is -0.394 e. The van der Waals surface area contributed by atoms with Crippen LogP contribution >= 0.6 is 0 Å². The lowest BCUT2D eigenvalue weighted by molar-refractivity contribution is -0.0519. The third kappa shape index (κ3) is 2.03. The fourth-order valence-corrected chi connectivity index (χ4v) is 2.47. The number of nitrogens with two attached hydrogens (primary N) is 1. The molecule has 21 heavy (non-hydrogen) atoms. The maximum atomic E-state index is 13.4. The number of nitrogens with zero attached hydrogens (tertiary/aromatic N) is 4. The van der Waals surface area contributed by atoms with E-state index < -0.39 is 37.2 Å². The summed E-state index contributed by atoms with van der Waals surface area (Å²) in [6.45, 7) is 1.12. The van der Waals surface area contributed by atoms with Crippen LogP contribution in [0, 0.1) is 13.0 Å². The van der Waals surface area contributed by atoms with Crippen molar-refractivity contribution in [2.45, 2.75) is 31.5 Å². The number of anilines is 1. The molecule has 1 aliphatic rings. The van der Waals surface area contributed by atoms with Crippen molar-refractivity contribution in [1.29, 1.82) is 0 Å². The first kappa shape index (κ1) is 14.1. The fraction of sp³-hybridized carbons (Fsp3) is 0.545. The highest BCUT2D eigenvalue weighted by Crippen LogP contribution is 2.33. The molecular formula is C11H14FN5O4. The van der Waals surface area contributed by atoms with Gasteiger partial charge in [0.25, 0.3) is 0 Å². The molecular weight excluding hydrogens is 285 g/mol. The molecule has 2 aromatic heterocycles. The van der Waals surface area contributed by atoms with E-state index in [0.717, 1.165) is 0 Å². The van der Waals surface area contributed by atoms with Gasteiger partial charge < -0.3 is 25.8 Å². The second-order valence-electron chi connectivity index (χ2n) is 4.81. The van der Waals surface area contributed by atoms with E-state index in [-0.39, 0.29) is 17.0 Å². The van der Waals surface area contributed by atoms with Crippen LogP contribution in [0.25, 0.3) is 11.2 Å². The number of hydrogen-bond acceptors (Lipinski definition) is 8. The first-order valence-corrected chi connectivity index (χ1v) is 6.24. The second-order valence-corrected chi connectivity index (χ2v) is 4.81. The van der Waals surface area contributed by atoms with Crippen molar-refractivity contribution in [3.05, 3.63) is 11.9 Å². The SMILES string of the molecule is Cc1nc2c(N)nc(F)nc2n1[C@@H]1O[C@H](CO)[C@@H](O)[C@H]1O. The van der Waals surface area contributed by atoms with Crippen molar-refractivity contribution in [3.8, 4) is 0 Å². The molecule has 0 bridgehead atoms. The average Bonchev–Trinajstić information content (AvgIpc) is 2.89. The molecule has 3 heterocycles. The van der Waals surface area contributed by atoms with E-state index in [1.165, 1.54) is 4.57 Å². The molecule has 4 atom stereocenters. The van der Waals surface area contributed by atoms with E-state index in [2.05, 4.69) is 15.0 Å². The molecule has 0 radical (unpaired) electrons. The van der Waals surface area contributed by atoms with Crippen LogP contribution in [0.5, 0.6) is 0 Å². The van der Waals surface area contributed by atoms with E-state index in [4.69, 9.17) is 15.6 Å². The summed E-state index contributed by atoms with van der Waals surface area (Å²) in [6, 6.07) is 0. The minimum atomic E-state index is -1.32. The topological polar surface area (TPSA) is 140 Å². The van der Waals surface area contributed by atoms with Gasteiger partial charge in [-0.2, -0.15) is 14.4 Å². The molecule has 0 aromatic carbocycles. The third-order valence-electron chi connectivity index (χ3n) is 3.49. The molecule has 1 fully saturated rings. The fourth-order valence-electron chi connectivity index (χ4n) is 2.47. The van der Waals surface area contributed by atoms with Crippen LogP contribution in [0.1, 0.15) is 12.1 Å². The van der Waals surface area contributed by atoms with Crippen molar-refractivity contribution in [1.82, 2.24) is 19.5 Å². The van der Waals surface area contributed by atoms with Crippen LogP contribution < -0.4 is 5.73 Å². The summed E-state index contributed by atoms with van der Waals surface area (Å²) < 4.78 is 20.1. The predicted octanol–water partition coefficient (Wildman–Crippen LogP) is -1.53. The van der Waals surface area contributed by atoms with Gasteiger partial charge in [0.05, 0.1) is 6.61 Å². The lowest BCUT2D eigenvalue weighted by Crippen LogP contribution is -2.33. The number of aryl methyl sites for hydroxylation is 1. The Hall–Kier alpha value is -1.88. The van der Waals surface area contributed by atoms with Crippen LogP contribution in [0.15, 0.2) is 0 Å². The lowest BCUT2D eigenvalue weighted by atomic mass is 10.1. The number of fused-ring (bicyclic) bond motifs is 1. The van der Waals surface area contributed by atoms with E-state index in [1.54, 1.807) is 6.92 Å². The van der Waals surface area contributed by atoms with Crippen LogP contribution in [0.4, 0.5) is 10.2 Å². The number of rotatable bonds is 2. The second kappa shape index (κ2) is 4.84. The molecule has 1 aliphatic heterocycles. The third-order valence-corrected chi connectivity index (χ3v) is 3.49. The zero-order chi connectivity index (χ0) is 15.3. The Kier molecular flexibility index (Phi) is 3.24. The summed E-state index contributed by atoms with van der Waals surface area (Å²) >= 11 is 0. The molecule has 0 unspecified atom stereocenters. The molecule has 0 aliphatic carbocycles. The van der Waals surface area contributed by atoms with E-state index in [0.29, 0.717) is 5.82 Å². The maximum Gasteiger partial charge on any atom is 0.312 e. The molecule has 0 spiro atoms. The van der Waals surface area contributed by atoms with E-state index in [9.17, 15) is 14.6 Å². The van der Waals surface area contributed by atoms with Crippen molar-refractivity contribution >= 4 is 17.0 Å². The molecule has 2 aromatic rings. The Morgan fingerprint density at radius 2 is 2.00 bits per heavy atom. The molecule has 9 nitrogen and oxygen atoms in total. The molecule has 1 saturated heterocycles. The average molecular weight is 299 g/mol. The van der Waals surface area contributed by atoms with Crippen LogP contribution in [-0.4, -0.2) is 59.8 Å². The van der Waals surface area contributed by atoms with Crippen molar-refractivity contribution in [2.75, 3.05) is 12.3 Å². The molecule has 10 heteroatoms. The maximum absolute atomic E-state index is 13.4. The summed E-state index contributed by atoms with van der Waals surface area (Å²) in [6.07, 6.45) is -5.65. The number of ether oxygens (including phenoxy) is 1. The number of nitrogen functional groups attached to an aromatic ring is 1. The van der Waals surface area contributed by atoms with Crippen LogP contribution in [-0.2, 0) is 4.74 Å². The highest BCUT2D eigenvalue weighted by Gasteiger charge is 2.44. The van der Waals surface area contributed by atoms with Gasteiger partial charge in [-0.25, -0.2) is 4.98 Å². The van der Waals surface area contributed by atoms with Gasteiger partial charge in [-0.3, -0.25) is 4.57 Å². The van der Waals surface area contributed by atoms with Crippen LogP contribution in [0.3, 0.4) is 0 Å². The number of aromatic nitrogens is 4. The Bertz CT molecular complexity index is 693. The highest BCUT2D eigenvalue weighted by molar-refractivity contribution is 5.81. The largest absolute Gasteiger partial charge is 0.394 e. The normalized spacial score (nSPS) is 29.4. The van der Waals surface area contributed by atoms with Gasteiger partial charge in [-0.15, -0.1) is 0 Å². The van der Waals surface area contributed by atoms with Gasteiger partial charge in [0.2, 0.25) is 0 Å². The highest BCUT2D eigenvalue weighted by atomic mass is 19.1. The first-order valence-electron chi connectivity index (χ1n) is 6.24. The van der Waals surface area contributed by atoms with Crippen LogP contribution in [0.2, 0.25) is 0 Å². The number of aliphatic hydroxyl groups is 3. The number of imidazole rings is 1. The predicted molar refractivity (Wildman–Crippen MR) is 67.4 cm³/mol. The van der Waals surface area contributed by atoms with Gasteiger partial charge in [0, 0.05) is 0 Å². The Morgan fingerprint density at radius 3 is 2.62 bits per heavy atom. The summed E-state index contributed by atoms with van der Waals surface area (Å²) in [4.78, 5) is 11.1. The molecule has 5 N–H and O–H groups in total. The summed E-state index contributed by atoms with van der Waals surface area (Å²) in [5.41, 5.74) is 5.81. The molecule has 114 valence electrons. The Balaban J connectivity index is 2.15. The smallest absolute Gasteiger partial charge is 0.312 e.